The summed E-state index contributed by atoms with van der Waals surface area (Å²) in [5.74, 6) is 1.28. The summed E-state index contributed by atoms with van der Waals surface area (Å²) >= 11 is 0. The van der Waals surface area contributed by atoms with E-state index in [-0.39, 0.29) is 5.91 Å². The fraction of sp³-hybridized carbons (Fsp3) is 0.889. The molecule has 0 aromatic carbocycles. The van der Waals surface area contributed by atoms with Crippen LogP contribution in [0.3, 0.4) is 0 Å². The Kier molecular flexibility index (Phi) is 2.92. The van der Waals surface area contributed by atoms with E-state index in [0.717, 1.165) is 19.4 Å². The van der Waals surface area contributed by atoms with Gasteiger partial charge in [-0.05, 0) is 18.8 Å². The first-order valence-corrected chi connectivity index (χ1v) is 4.51. The molecule has 1 rings (SSSR count). The monoisotopic (exact) mass is 155 g/mol. The number of carbonyl (C=O) groups is 1. The molecule has 2 nitrogen and oxygen atoms in total. The van der Waals surface area contributed by atoms with Crippen LogP contribution in [0.1, 0.15) is 33.1 Å². The van der Waals surface area contributed by atoms with Crippen molar-refractivity contribution in [2.45, 2.75) is 33.1 Å². The van der Waals surface area contributed by atoms with Crippen LogP contribution < -0.4 is 5.32 Å². The van der Waals surface area contributed by atoms with Gasteiger partial charge >= 0.3 is 0 Å². The lowest BCUT2D eigenvalue weighted by molar-refractivity contribution is -0.122. The predicted octanol–water partition coefficient (Wildman–Crippen LogP) is 1.56. The van der Waals surface area contributed by atoms with Crippen molar-refractivity contribution in [3.8, 4) is 0 Å². The van der Waals surface area contributed by atoms with E-state index in [2.05, 4.69) is 19.2 Å². The molecule has 0 spiro atoms. The largest absolute Gasteiger partial charge is 0.356 e. The maximum absolute atomic E-state index is 11.1. The Balaban J connectivity index is 2.30. The molecular formula is C9H17NO. The second-order valence-corrected chi connectivity index (χ2v) is 3.53. The van der Waals surface area contributed by atoms with Crippen molar-refractivity contribution in [1.29, 1.82) is 0 Å². The van der Waals surface area contributed by atoms with Crippen LogP contribution in [0.5, 0.6) is 0 Å². The lowest BCUT2D eigenvalue weighted by atomic mass is 9.93. The Labute approximate surface area is 68.4 Å². The molecule has 1 saturated heterocycles. The third-order valence-electron chi connectivity index (χ3n) is 2.55. The van der Waals surface area contributed by atoms with Crippen molar-refractivity contribution in [2.24, 2.45) is 11.8 Å². The normalized spacial score (nSPS) is 26.7. The fourth-order valence-corrected chi connectivity index (χ4v) is 1.52. The van der Waals surface area contributed by atoms with E-state index in [0.29, 0.717) is 11.8 Å². The van der Waals surface area contributed by atoms with E-state index in [9.17, 15) is 4.79 Å². The average Bonchev–Trinajstić information content (AvgIpc) is 2.37. The molecule has 64 valence electrons. The van der Waals surface area contributed by atoms with Gasteiger partial charge in [0, 0.05) is 12.5 Å². The molecule has 1 N–H and O–H groups in total. The minimum atomic E-state index is 0.269. The van der Waals surface area contributed by atoms with Gasteiger partial charge in [-0.2, -0.15) is 0 Å². The SMILES string of the molecule is CCC(C)CC1CCNC1=O. The molecule has 0 bridgehead atoms. The highest BCUT2D eigenvalue weighted by Crippen LogP contribution is 2.20. The quantitative estimate of drug-likeness (QED) is 0.658. The minimum Gasteiger partial charge on any atom is -0.356 e. The van der Waals surface area contributed by atoms with Crippen LogP contribution in [0.2, 0.25) is 0 Å². The number of hydrogen-bond donors (Lipinski definition) is 1. The summed E-state index contributed by atoms with van der Waals surface area (Å²) in [6.45, 7) is 5.28. The van der Waals surface area contributed by atoms with Crippen LogP contribution in [0.25, 0.3) is 0 Å². The molecule has 0 radical (unpaired) electrons. The summed E-state index contributed by atoms with van der Waals surface area (Å²) in [7, 11) is 0. The van der Waals surface area contributed by atoms with Crippen molar-refractivity contribution >= 4 is 5.91 Å². The minimum absolute atomic E-state index is 0.269. The number of carbonyl (C=O) groups excluding carboxylic acids is 1. The highest BCUT2D eigenvalue weighted by atomic mass is 16.2. The van der Waals surface area contributed by atoms with Crippen molar-refractivity contribution in [3.05, 3.63) is 0 Å². The first-order chi connectivity index (χ1) is 5.24. The predicted molar refractivity (Wildman–Crippen MR) is 45.2 cm³/mol. The van der Waals surface area contributed by atoms with Gasteiger partial charge in [-0.3, -0.25) is 4.79 Å². The van der Waals surface area contributed by atoms with Gasteiger partial charge in [-0.15, -0.1) is 0 Å². The average molecular weight is 155 g/mol. The molecule has 0 aromatic rings. The zero-order valence-electron chi connectivity index (χ0n) is 7.39. The molecule has 2 heteroatoms. The zero-order valence-corrected chi connectivity index (χ0v) is 7.39. The van der Waals surface area contributed by atoms with Gasteiger partial charge in [0.1, 0.15) is 0 Å². The second kappa shape index (κ2) is 3.74. The first kappa shape index (κ1) is 8.57. The van der Waals surface area contributed by atoms with Crippen LogP contribution in [0.4, 0.5) is 0 Å². The Morgan fingerprint density at radius 2 is 2.45 bits per heavy atom. The fourth-order valence-electron chi connectivity index (χ4n) is 1.52. The molecule has 1 amide bonds. The summed E-state index contributed by atoms with van der Waals surface area (Å²) in [6.07, 6.45) is 3.30. The number of amides is 1. The van der Waals surface area contributed by atoms with E-state index in [1.807, 2.05) is 0 Å². The Morgan fingerprint density at radius 3 is 2.91 bits per heavy atom. The van der Waals surface area contributed by atoms with Gasteiger partial charge in [-0.25, -0.2) is 0 Å². The number of hydrogen-bond acceptors (Lipinski definition) is 1. The van der Waals surface area contributed by atoms with Gasteiger partial charge in [-0.1, -0.05) is 20.3 Å². The summed E-state index contributed by atoms with van der Waals surface area (Å²) in [5.41, 5.74) is 0. The standard InChI is InChI=1S/C9H17NO/c1-3-7(2)6-8-4-5-10-9(8)11/h7-8H,3-6H2,1-2H3,(H,10,11). The van der Waals surface area contributed by atoms with E-state index < -0.39 is 0 Å². The van der Waals surface area contributed by atoms with Gasteiger partial charge in [0.05, 0.1) is 0 Å². The number of nitrogens with one attached hydrogen (secondary N) is 1. The highest BCUT2D eigenvalue weighted by molar-refractivity contribution is 5.80. The van der Waals surface area contributed by atoms with Crippen LogP contribution >= 0.6 is 0 Å². The molecule has 0 aliphatic carbocycles. The van der Waals surface area contributed by atoms with Crippen molar-refractivity contribution in [3.63, 3.8) is 0 Å². The van der Waals surface area contributed by atoms with E-state index in [4.69, 9.17) is 0 Å². The Morgan fingerprint density at radius 1 is 1.73 bits per heavy atom. The maximum atomic E-state index is 11.1. The van der Waals surface area contributed by atoms with Gasteiger partial charge in [0.2, 0.25) is 5.91 Å². The zero-order chi connectivity index (χ0) is 8.27. The molecule has 1 fully saturated rings. The van der Waals surface area contributed by atoms with Gasteiger partial charge < -0.3 is 5.32 Å². The molecule has 1 heterocycles. The maximum Gasteiger partial charge on any atom is 0.223 e. The third-order valence-corrected chi connectivity index (χ3v) is 2.55. The van der Waals surface area contributed by atoms with Gasteiger partial charge in [0.25, 0.3) is 0 Å². The summed E-state index contributed by atoms with van der Waals surface area (Å²) in [5, 5.41) is 2.86. The second-order valence-electron chi connectivity index (χ2n) is 3.53. The molecular weight excluding hydrogens is 138 g/mol. The summed E-state index contributed by atoms with van der Waals surface area (Å²) in [4.78, 5) is 11.1. The number of rotatable bonds is 3. The molecule has 11 heavy (non-hydrogen) atoms. The van der Waals surface area contributed by atoms with Crippen LogP contribution in [-0.4, -0.2) is 12.5 Å². The molecule has 0 aromatic heterocycles. The lowest BCUT2D eigenvalue weighted by Gasteiger charge is -2.11. The van der Waals surface area contributed by atoms with Gasteiger partial charge in [0.15, 0.2) is 0 Å². The topological polar surface area (TPSA) is 29.1 Å². The molecule has 2 atom stereocenters. The summed E-state index contributed by atoms with van der Waals surface area (Å²) < 4.78 is 0. The first-order valence-electron chi connectivity index (χ1n) is 4.51. The smallest absolute Gasteiger partial charge is 0.223 e. The van der Waals surface area contributed by atoms with Crippen molar-refractivity contribution < 1.29 is 4.79 Å². The van der Waals surface area contributed by atoms with Crippen molar-refractivity contribution in [1.82, 2.24) is 5.32 Å². The van der Waals surface area contributed by atoms with E-state index in [1.54, 1.807) is 0 Å². The Hall–Kier alpha value is -0.530. The molecule has 0 saturated carbocycles. The molecule has 1 aliphatic heterocycles. The lowest BCUT2D eigenvalue weighted by Crippen LogP contribution is -2.20. The van der Waals surface area contributed by atoms with E-state index >= 15 is 0 Å². The van der Waals surface area contributed by atoms with Crippen LogP contribution in [-0.2, 0) is 4.79 Å². The third kappa shape index (κ3) is 2.21. The van der Waals surface area contributed by atoms with Crippen molar-refractivity contribution in [2.75, 3.05) is 6.54 Å². The van der Waals surface area contributed by atoms with E-state index in [1.165, 1.54) is 6.42 Å². The Bertz CT molecular complexity index is 144. The molecule has 2 unspecified atom stereocenters. The molecule has 1 aliphatic rings. The highest BCUT2D eigenvalue weighted by Gasteiger charge is 2.24. The summed E-state index contributed by atoms with van der Waals surface area (Å²) in [6, 6.07) is 0. The van der Waals surface area contributed by atoms with Crippen LogP contribution in [0.15, 0.2) is 0 Å². The van der Waals surface area contributed by atoms with Crippen LogP contribution in [0, 0.1) is 11.8 Å².